The summed E-state index contributed by atoms with van der Waals surface area (Å²) in [5.74, 6) is 0.623. The third kappa shape index (κ3) is 3.24. The van der Waals surface area contributed by atoms with Crippen LogP contribution in [0.4, 0.5) is 5.82 Å². The van der Waals surface area contributed by atoms with Gasteiger partial charge in [0.2, 0.25) is 0 Å². The van der Waals surface area contributed by atoms with Gasteiger partial charge in [0.05, 0.1) is 12.3 Å². The zero-order valence-corrected chi connectivity index (χ0v) is 11.7. The van der Waals surface area contributed by atoms with Crippen LogP contribution in [0.1, 0.15) is 50.2 Å². The van der Waals surface area contributed by atoms with E-state index in [-0.39, 0.29) is 5.97 Å². The van der Waals surface area contributed by atoms with Gasteiger partial charge in [-0.05, 0) is 25.7 Å². The molecule has 0 fully saturated rings. The predicted octanol–water partition coefficient (Wildman–Crippen LogP) is 2.25. The third-order valence-corrected chi connectivity index (χ3v) is 2.80. The lowest BCUT2D eigenvalue weighted by Crippen LogP contribution is -2.11. The number of ether oxygens (including phenoxy) is 1. The van der Waals surface area contributed by atoms with E-state index in [1.165, 1.54) is 0 Å². The second-order valence-corrected chi connectivity index (χ2v) is 4.69. The molecule has 0 bridgehead atoms. The molecule has 102 valence electrons. The summed E-state index contributed by atoms with van der Waals surface area (Å²) in [4.78, 5) is 11.8. The van der Waals surface area contributed by atoms with E-state index >= 15 is 0 Å². The summed E-state index contributed by atoms with van der Waals surface area (Å²) in [6, 6.07) is 0. The van der Waals surface area contributed by atoms with Crippen LogP contribution in [0, 0.1) is 5.92 Å². The number of carbonyl (C=O) groups is 1. The molecule has 5 heteroatoms. The topological polar surface area (TPSA) is 70.1 Å². The van der Waals surface area contributed by atoms with E-state index in [0.717, 1.165) is 18.7 Å². The molecule has 0 saturated carbocycles. The fourth-order valence-corrected chi connectivity index (χ4v) is 1.75. The standard InChI is InChI=1S/C13H23N3O2/c1-5-10-11(13(17)18-6-2)12(14)16(15-10)8-7-9(3)4/h9H,5-8,14H2,1-4H3. The number of nitrogens with two attached hydrogens (primary N) is 1. The molecule has 1 rings (SSSR count). The van der Waals surface area contributed by atoms with Gasteiger partial charge in [-0.25, -0.2) is 9.48 Å². The van der Waals surface area contributed by atoms with Crippen LogP contribution < -0.4 is 5.73 Å². The van der Waals surface area contributed by atoms with Gasteiger partial charge in [0, 0.05) is 6.54 Å². The average Bonchev–Trinajstić information content (AvgIpc) is 2.63. The van der Waals surface area contributed by atoms with Crippen LogP contribution in [0.3, 0.4) is 0 Å². The first-order chi connectivity index (χ1) is 8.51. The molecule has 0 aromatic carbocycles. The fourth-order valence-electron chi connectivity index (χ4n) is 1.75. The molecular weight excluding hydrogens is 230 g/mol. The molecule has 0 radical (unpaired) electrons. The molecule has 0 spiro atoms. The van der Waals surface area contributed by atoms with Crippen molar-refractivity contribution in [1.82, 2.24) is 9.78 Å². The van der Waals surface area contributed by atoms with Gasteiger partial charge in [-0.3, -0.25) is 0 Å². The maximum Gasteiger partial charge on any atom is 0.343 e. The first-order valence-electron chi connectivity index (χ1n) is 6.53. The van der Waals surface area contributed by atoms with Crippen molar-refractivity contribution in [2.24, 2.45) is 5.92 Å². The molecule has 0 amide bonds. The van der Waals surface area contributed by atoms with E-state index < -0.39 is 0 Å². The van der Waals surface area contributed by atoms with Gasteiger partial charge in [0.25, 0.3) is 0 Å². The summed E-state index contributed by atoms with van der Waals surface area (Å²) < 4.78 is 6.73. The van der Waals surface area contributed by atoms with Gasteiger partial charge in [0.15, 0.2) is 0 Å². The van der Waals surface area contributed by atoms with Gasteiger partial charge in [0.1, 0.15) is 11.4 Å². The first kappa shape index (κ1) is 14.5. The molecule has 2 N–H and O–H groups in total. The number of nitrogen functional groups attached to an aromatic ring is 1. The smallest absolute Gasteiger partial charge is 0.343 e. The summed E-state index contributed by atoms with van der Waals surface area (Å²) in [5, 5.41) is 4.39. The van der Waals surface area contributed by atoms with Crippen molar-refractivity contribution < 1.29 is 9.53 Å². The van der Waals surface area contributed by atoms with E-state index in [4.69, 9.17) is 10.5 Å². The summed E-state index contributed by atoms with van der Waals surface area (Å²) in [6.07, 6.45) is 1.66. The Balaban J connectivity index is 2.98. The minimum atomic E-state index is -0.373. The number of esters is 1. The van der Waals surface area contributed by atoms with E-state index in [0.29, 0.717) is 30.3 Å². The second-order valence-electron chi connectivity index (χ2n) is 4.69. The Kier molecular flexibility index (Phi) is 5.19. The number of rotatable bonds is 6. The monoisotopic (exact) mass is 253 g/mol. The van der Waals surface area contributed by atoms with E-state index in [1.807, 2.05) is 6.92 Å². The molecule has 0 saturated heterocycles. The zero-order valence-electron chi connectivity index (χ0n) is 11.7. The molecule has 0 unspecified atom stereocenters. The number of hydrogen-bond acceptors (Lipinski definition) is 4. The van der Waals surface area contributed by atoms with Gasteiger partial charge in [-0.2, -0.15) is 5.10 Å². The maximum absolute atomic E-state index is 11.8. The Morgan fingerprint density at radius 3 is 2.61 bits per heavy atom. The van der Waals surface area contributed by atoms with Crippen molar-refractivity contribution in [2.75, 3.05) is 12.3 Å². The Morgan fingerprint density at radius 1 is 1.44 bits per heavy atom. The van der Waals surface area contributed by atoms with Crippen LogP contribution in [-0.2, 0) is 17.7 Å². The lowest BCUT2D eigenvalue weighted by atomic mass is 10.1. The lowest BCUT2D eigenvalue weighted by Gasteiger charge is -2.07. The fraction of sp³-hybridized carbons (Fsp3) is 0.692. The van der Waals surface area contributed by atoms with Crippen molar-refractivity contribution in [3.8, 4) is 0 Å². The summed E-state index contributed by atoms with van der Waals surface area (Å²) in [7, 11) is 0. The van der Waals surface area contributed by atoms with Gasteiger partial charge in [-0.15, -0.1) is 0 Å². The molecule has 1 aromatic rings. The summed E-state index contributed by atoms with van der Waals surface area (Å²) in [6.45, 7) is 9.11. The number of aryl methyl sites for hydroxylation is 2. The number of carbonyl (C=O) groups excluding carboxylic acids is 1. The number of aromatic nitrogens is 2. The highest BCUT2D eigenvalue weighted by atomic mass is 16.5. The van der Waals surface area contributed by atoms with Crippen LogP contribution in [0.2, 0.25) is 0 Å². The van der Waals surface area contributed by atoms with E-state index in [9.17, 15) is 4.79 Å². The van der Waals surface area contributed by atoms with Crippen molar-refractivity contribution >= 4 is 11.8 Å². The Bertz CT molecular complexity index is 411. The normalized spacial score (nSPS) is 10.9. The molecule has 18 heavy (non-hydrogen) atoms. The molecule has 0 aliphatic carbocycles. The van der Waals surface area contributed by atoms with Crippen LogP contribution in [0.5, 0.6) is 0 Å². The van der Waals surface area contributed by atoms with Gasteiger partial charge < -0.3 is 10.5 Å². The minimum absolute atomic E-state index is 0.346. The molecule has 1 aromatic heterocycles. The SMILES string of the molecule is CCOC(=O)c1c(CC)nn(CCC(C)C)c1N. The average molecular weight is 253 g/mol. The Morgan fingerprint density at radius 2 is 2.11 bits per heavy atom. The van der Waals surface area contributed by atoms with Crippen LogP contribution in [-0.4, -0.2) is 22.4 Å². The quantitative estimate of drug-likeness (QED) is 0.789. The molecular formula is C13H23N3O2. The number of anilines is 1. The third-order valence-electron chi connectivity index (χ3n) is 2.80. The van der Waals surface area contributed by atoms with Gasteiger partial charge in [-0.1, -0.05) is 20.8 Å². The largest absolute Gasteiger partial charge is 0.462 e. The lowest BCUT2D eigenvalue weighted by molar-refractivity contribution is 0.0526. The van der Waals surface area contributed by atoms with E-state index in [2.05, 4.69) is 18.9 Å². The summed E-state index contributed by atoms with van der Waals surface area (Å²) in [5.41, 5.74) is 7.15. The van der Waals surface area contributed by atoms with Crippen LogP contribution >= 0.6 is 0 Å². The molecule has 0 atom stereocenters. The number of nitrogens with zero attached hydrogens (tertiary/aromatic N) is 2. The molecule has 1 heterocycles. The maximum atomic E-state index is 11.8. The van der Waals surface area contributed by atoms with Crippen molar-refractivity contribution in [1.29, 1.82) is 0 Å². The van der Waals surface area contributed by atoms with Crippen molar-refractivity contribution in [3.63, 3.8) is 0 Å². The molecule has 0 aliphatic rings. The Hall–Kier alpha value is -1.52. The van der Waals surface area contributed by atoms with Crippen LogP contribution in [0.25, 0.3) is 0 Å². The summed E-state index contributed by atoms with van der Waals surface area (Å²) >= 11 is 0. The highest BCUT2D eigenvalue weighted by molar-refractivity contribution is 5.95. The minimum Gasteiger partial charge on any atom is -0.462 e. The van der Waals surface area contributed by atoms with Crippen molar-refractivity contribution in [3.05, 3.63) is 11.3 Å². The number of hydrogen-bond donors (Lipinski definition) is 1. The molecule has 5 nitrogen and oxygen atoms in total. The highest BCUT2D eigenvalue weighted by Crippen LogP contribution is 2.20. The van der Waals surface area contributed by atoms with Crippen molar-refractivity contribution in [2.45, 2.75) is 47.1 Å². The Labute approximate surface area is 108 Å². The highest BCUT2D eigenvalue weighted by Gasteiger charge is 2.21. The molecule has 0 aliphatic heterocycles. The van der Waals surface area contributed by atoms with E-state index in [1.54, 1.807) is 11.6 Å². The first-order valence-corrected chi connectivity index (χ1v) is 6.53. The predicted molar refractivity (Wildman–Crippen MR) is 71.4 cm³/mol. The second kappa shape index (κ2) is 6.42. The van der Waals surface area contributed by atoms with Gasteiger partial charge >= 0.3 is 5.97 Å². The van der Waals surface area contributed by atoms with Crippen LogP contribution in [0.15, 0.2) is 0 Å². The zero-order chi connectivity index (χ0) is 13.7.